The minimum absolute atomic E-state index is 0.240. The highest BCUT2D eigenvalue weighted by molar-refractivity contribution is 5.85. The number of aliphatic hydroxyl groups excluding tert-OH is 1. The average Bonchev–Trinajstić information content (AvgIpc) is 2.50. The molecule has 3 nitrogen and oxygen atoms in total. The van der Waals surface area contributed by atoms with Gasteiger partial charge in [0.1, 0.15) is 5.60 Å². The fraction of sp³-hybridized carbons (Fsp3) is 0.750. The average molecular weight is 208 g/mol. The molecule has 15 heavy (non-hydrogen) atoms. The summed E-state index contributed by atoms with van der Waals surface area (Å²) < 4.78 is 5.50. The van der Waals surface area contributed by atoms with Gasteiger partial charge < -0.3 is 9.84 Å². The van der Waals surface area contributed by atoms with Crippen LogP contribution in [0.15, 0.2) is 12.3 Å². The predicted molar refractivity (Wildman–Crippen MR) is 54.1 cm³/mol. The van der Waals surface area contributed by atoms with E-state index in [1.54, 1.807) is 0 Å². The van der Waals surface area contributed by atoms with Crippen molar-refractivity contribution in [3.05, 3.63) is 12.3 Å². The molecule has 4 aliphatic carbocycles. The second-order valence-electron chi connectivity index (χ2n) is 5.45. The van der Waals surface area contributed by atoms with Gasteiger partial charge in [-0.2, -0.15) is 0 Å². The van der Waals surface area contributed by atoms with Gasteiger partial charge in [-0.25, -0.2) is 4.79 Å². The van der Waals surface area contributed by atoms with E-state index in [0.29, 0.717) is 5.92 Å². The Kier molecular flexibility index (Phi) is 1.71. The molecule has 82 valence electrons. The van der Waals surface area contributed by atoms with Crippen molar-refractivity contribution in [2.45, 2.75) is 37.7 Å². The number of aliphatic hydroxyl groups is 1. The lowest BCUT2D eigenvalue weighted by Gasteiger charge is -2.32. The lowest BCUT2D eigenvalue weighted by atomic mass is 9.81. The van der Waals surface area contributed by atoms with Gasteiger partial charge in [0.25, 0.3) is 0 Å². The van der Waals surface area contributed by atoms with Crippen LogP contribution in [0.5, 0.6) is 0 Å². The number of ether oxygens (including phenoxy) is 1. The third-order valence-corrected chi connectivity index (χ3v) is 4.45. The Balaban J connectivity index is 1.81. The summed E-state index contributed by atoms with van der Waals surface area (Å²) in [5.41, 5.74) is -0.240. The van der Waals surface area contributed by atoms with Crippen LogP contribution in [0.4, 0.5) is 0 Å². The molecule has 0 amide bonds. The van der Waals surface area contributed by atoms with Crippen molar-refractivity contribution in [3.63, 3.8) is 0 Å². The van der Waals surface area contributed by atoms with Crippen molar-refractivity contribution in [1.29, 1.82) is 0 Å². The van der Waals surface area contributed by atoms with E-state index in [9.17, 15) is 4.79 Å². The first-order chi connectivity index (χ1) is 7.09. The molecule has 4 saturated carbocycles. The highest BCUT2D eigenvalue weighted by atomic mass is 16.6. The first-order valence-electron chi connectivity index (χ1n) is 5.70. The molecule has 0 heterocycles. The highest BCUT2D eigenvalue weighted by Crippen LogP contribution is 2.62. The number of carbonyl (C=O) groups is 1. The molecule has 0 aromatic carbocycles. The quantitative estimate of drug-likeness (QED) is 0.430. The molecule has 4 aliphatic rings. The van der Waals surface area contributed by atoms with E-state index in [0.717, 1.165) is 24.7 Å². The normalized spacial score (nSPS) is 45.7. The number of carbonyl (C=O) groups excluding carboxylic acids is 1. The fourth-order valence-corrected chi connectivity index (χ4v) is 4.13. The maximum atomic E-state index is 11.4. The molecular weight excluding hydrogens is 192 g/mol. The Hall–Kier alpha value is -0.990. The van der Waals surface area contributed by atoms with Crippen LogP contribution in [0.3, 0.4) is 0 Å². The predicted octanol–water partition coefficient (Wildman–Crippen LogP) is 2.18. The van der Waals surface area contributed by atoms with E-state index < -0.39 is 11.7 Å². The SMILES string of the molecule is C=C(O)C(=O)OC12CC3CC(CC1C3)C2. The highest BCUT2D eigenvalue weighted by Gasteiger charge is 2.60. The van der Waals surface area contributed by atoms with Crippen LogP contribution in [-0.4, -0.2) is 16.7 Å². The Morgan fingerprint density at radius 2 is 1.87 bits per heavy atom. The van der Waals surface area contributed by atoms with Crippen LogP contribution in [0.2, 0.25) is 0 Å². The molecule has 0 aliphatic heterocycles. The summed E-state index contributed by atoms with van der Waals surface area (Å²) in [6.07, 6.45) is 5.75. The van der Waals surface area contributed by atoms with E-state index >= 15 is 0 Å². The molecule has 4 rings (SSSR count). The topological polar surface area (TPSA) is 46.5 Å². The molecule has 1 N–H and O–H groups in total. The first kappa shape index (κ1) is 9.25. The minimum Gasteiger partial charge on any atom is -0.502 e. The number of hydrogen-bond donors (Lipinski definition) is 1. The zero-order valence-corrected chi connectivity index (χ0v) is 8.74. The molecule has 4 fully saturated rings. The Morgan fingerprint density at radius 3 is 2.40 bits per heavy atom. The van der Waals surface area contributed by atoms with E-state index in [1.165, 1.54) is 19.3 Å². The van der Waals surface area contributed by atoms with Gasteiger partial charge >= 0.3 is 5.97 Å². The van der Waals surface area contributed by atoms with Crippen LogP contribution in [0.25, 0.3) is 0 Å². The Labute approximate surface area is 89.1 Å². The Bertz CT molecular complexity index is 320. The summed E-state index contributed by atoms with van der Waals surface area (Å²) in [6.45, 7) is 3.22. The van der Waals surface area contributed by atoms with Crippen molar-refractivity contribution >= 4 is 5.97 Å². The third kappa shape index (κ3) is 1.22. The lowest BCUT2D eigenvalue weighted by Crippen LogP contribution is -2.36. The van der Waals surface area contributed by atoms with Crippen LogP contribution < -0.4 is 0 Å². The second kappa shape index (κ2) is 2.77. The molecule has 0 aromatic heterocycles. The zero-order valence-electron chi connectivity index (χ0n) is 8.74. The number of esters is 1. The first-order valence-corrected chi connectivity index (χ1v) is 5.70. The monoisotopic (exact) mass is 208 g/mol. The largest absolute Gasteiger partial charge is 0.502 e. The zero-order chi connectivity index (χ0) is 10.6. The molecule has 0 aromatic rings. The summed E-state index contributed by atoms with van der Waals surface area (Å²) in [5.74, 6) is 0.966. The van der Waals surface area contributed by atoms with Crippen molar-refractivity contribution in [3.8, 4) is 0 Å². The van der Waals surface area contributed by atoms with Gasteiger partial charge in [0.05, 0.1) is 0 Å². The van der Waals surface area contributed by atoms with Gasteiger partial charge in [0, 0.05) is 0 Å². The molecule has 3 heteroatoms. The van der Waals surface area contributed by atoms with Crippen LogP contribution >= 0.6 is 0 Å². The standard InChI is InChI=1S/C12H16O3/c1-7(13)11(14)15-12-5-8-2-9(6-12)4-10(12)3-8/h8-10,13H,1-6H2. The van der Waals surface area contributed by atoms with Gasteiger partial charge in [-0.15, -0.1) is 0 Å². The molecular formula is C12H16O3. The number of hydrogen-bond acceptors (Lipinski definition) is 3. The van der Waals surface area contributed by atoms with Gasteiger partial charge in [-0.3, -0.25) is 0 Å². The maximum absolute atomic E-state index is 11.4. The Morgan fingerprint density at radius 1 is 1.27 bits per heavy atom. The van der Waals surface area contributed by atoms with Crippen molar-refractivity contribution in [2.24, 2.45) is 17.8 Å². The summed E-state index contributed by atoms with van der Waals surface area (Å²) in [7, 11) is 0. The molecule has 0 saturated heterocycles. The van der Waals surface area contributed by atoms with Crippen LogP contribution in [-0.2, 0) is 9.53 Å². The molecule has 0 radical (unpaired) electrons. The summed E-state index contributed by atoms with van der Waals surface area (Å²) in [4.78, 5) is 11.4. The molecule has 2 atom stereocenters. The van der Waals surface area contributed by atoms with Crippen molar-refractivity contribution in [2.75, 3.05) is 0 Å². The second-order valence-corrected chi connectivity index (χ2v) is 5.45. The summed E-state index contributed by atoms with van der Waals surface area (Å²) in [5, 5.41) is 9.01. The van der Waals surface area contributed by atoms with Gasteiger partial charge in [-0.05, 0) is 56.4 Å². The van der Waals surface area contributed by atoms with Gasteiger partial charge in [0.15, 0.2) is 5.76 Å². The lowest BCUT2D eigenvalue weighted by molar-refractivity contribution is -0.161. The molecule has 4 bridgehead atoms. The number of rotatable bonds is 2. The van der Waals surface area contributed by atoms with Crippen molar-refractivity contribution in [1.82, 2.24) is 0 Å². The van der Waals surface area contributed by atoms with E-state index in [4.69, 9.17) is 9.84 Å². The van der Waals surface area contributed by atoms with Crippen molar-refractivity contribution < 1.29 is 14.6 Å². The van der Waals surface area contributed by atoms with Crippen LogP contribution in [0, 0.1) is 17.8 Å². The van der Waals surface area contributed by atoms with E-state index in [1.807, 2.05) is 0 Å². The maximum Gasteiger partial charge on any atom is 0.373 e. The summed E-state index contributed by atoms with van der Waals surface area (Å²) >= 11 is 0. The van der Waals surface area contributed by atoms with Gasteiger partial charge in [-0.1, -0.05) is 0 Å². The molecule has 2 unspecified atom stereocenters. The van der Waals surface area contributed by atoms with E-state index in [2.05, 4.69) is 6.58 Å². The van der Waals surface area contributed by atoms with Crippen LogP contribution in [0.1, 0.15) is 32.1 Å². The smallest absolute Gasteiger partial charge is 0.373 e. The minimum atomic E-state index is -0.622. The third-order valence-electron chi connectivity index (χ3n) is 4.45. The summed E-state index contributed by atoms with van der Waals surface area (Å²) in [6, 6.07) is 0. The molecule has 0 spiro atoms. The van der Waals surface area contributed by atoms with Gasteiger partial charge in [0.2, 0.25) is 0 Å². The van der Waals surface area contributed by atoms with E-state index in [-0.39, 0.29) is 5.60 Å². The fourth-order valence-electron chi connectivity index (χ4n) is 4.13.